The van der Waals surface area contributed by atoms with Gasteiger partial charge in [0.1, 0.15) is 17.4 Å². The van der Waals surface area contributed by atoms with Gasteiger partial charge >= 0.3 is 0 Å². The van der Waals surface area contributed by atoms with E-state index in [0.717, 1.165) is 29.3 Å². The van der Waals surface area contributed by atoms with Gasteiger partial charge in [0.25, 0.3) is 0 Å². The fourth-order valence-electron chi connectivity index (χ4n) is 3.94. The molecule has 6 heteroatoms. The molecule has 2 aliphatic rings. The number of benzene rings is 1. The average molecular weight is 387 g/mol. The number of fused-ring (bicyclic) bond motifs is 1. The van der Waals surface area contributed by atoms with Gasteiger partial charge in [0.2, 0.25) is 5.91 Å². The Hall–Kier alpha value is -1.92. The molecule has 0 N–H and O–H groups in total. The predicted molar refractivity (Wildman–Crippen MR) is 105 cm³/mol. The monoisotopic (exact) mass is 386 g/mol. The van der Waals surface area contributed by atoms with Gasteiger partial charge in [-0.3, -0.25) is 4.79 Å². The Labute approximate surface area is 164 Å². The first-order chi connectivity index (χ1) is 13.2. The Morgan fingerprint density at radius 2 is 2.11 bits per heavy atom. The molecule has 2 unspecified atom stereocenters. The molecule has 2 heterocycles. The highest BCUT2D eigenvalue weighted by Crippen LogP contribution is 2.29. The lowest BCUT2D eigenvalue weighted by Gasteiger charge is -2.43. The summed E-state index contributed by atoms with van der Waals surface area (Å²) >= 11 is 1.55. The summed E-state index contributed by atoms with van der Waals surface area (Å²) in [6.45, 7) is 3.84. The van der Waals surface area contributed by atoms with Crippen LogP contribution in [0.25, 0.3) is 0 Å². The highest BCUT2D eigenvalue weighted by molar-refractivity contribution is 7.09. The van der Waals surface area contributed by atoms with Crippen molar-refractivity contribution in [1.29, 1.82) is 0 Å². The second kappa shape index (κ2) is 8.40. The summed E-state index contributed by atoms with van der Waals surface area (Å²) in [5.74, 6) is 1.01. The van der Waals surface area contributed by atoms with E-state index in [0.29, 0.717) is 26.2 Å². The number of carbonyl (C=O) groups is 1. The van der Waals surface area contributed by atoms with Gasteiger partial charge in [0.05, 0.1) is 30.9 Å². The number of ether oxygens (including phenoxy) is 2. The maximum Gasteiger partial charge on any atom is 0.229 e. The second-order valence-corrected chi connectivity index (χ2v) is 8.30. The zero-order chi connectivity index (χ0) is 18.6. The summed E-state index contributed by atoms with van der Waals surface area (Å²) in [7, 11) is 0. The van der Waals surface area contributed by atoms with Gasteiger partial charge in [-0.2, -0.15) is 0 Å². The Bertz CT molecular complexity index is 772. The number of rotatable bonds is 5. The van der Waals surface area contributed by atoms with Crippen LogP contribution in [0.5, 0.6) is 5.75 Å². The van der Waals surface area contributed by atoms with Crippen molar-refractivity contribution < 1.29 is 14.3 Å². The van der Waals surface area contributed by atoms with E-state index in [-0.39, 0.29) is 18.1 Å². The smallest absolute Gasteiger partial charge is 0.229 e. The molecule has 1 aromatic carbocycles. The Balaban J connectivity index is 1.33. The van der Waals surface area contributed by atoms with Gasteiger partial charge in [-0.25, -0.2) is 4.98 Å². The van der Waals surface area contributed by atoms with Crippen molar-refractivity contribution in [2.45, 2.75) is 57.8 Å². The van der Waals surface area contributed by atoms with Gasteiger partial charge in [-0.05, 0) is 31.9 Å². The summed E-state index contributed by atoms with van der Waals surface area (Å²) in [5, 5.41) is 2.88. The van der Waals surface area contributed by atoms with Crippen LogP contribution in [0.2, 0.25) is 0 Å². The number of carbonyl (C=O) groups excluding carboxylic acids is 1. The molecule has 1 saturated heterocycles. The van der Waals surface area contributed by atoms with Crippen molar-refractivity contribution >= 4 is 17.2 Å². The molecule has 1 aliphatic carbocycles. The maximum atomic E-state index is 12.8. The minimum absolute atomic E-state index is 0.173. The first kappa shape index (κ1) is 18.4. The number of aryl methyl sites for hydroxylation is 1. The molecule has 0 bridgehead atoms. The SMILES string of the molecule is Cc1ccc(OCc2nc(CC(=O)N3CCOC4CCCCC43)cs2)cc1. The highest BCUT2D eigenvalue weighted by Gasteiger charge is 2.36. The molecule has 2 fully saturated rings. The zero-order valence-corrected chi connectivity index (χ0v) is 16.5. The number of amides is 1. The van der Waals surface area contributed by atoms with Crippen molar-refractivity contribution in [2.24, 2.45) is 0 Å². The van der Waals surface area contributed by atoms with Crippen LogP contribution >= 0.6 is 11.3 Å². The third-order valence-electron chi connectivity index (χ3n) is 5.37. The molecule has 4 rings (SSSR count). The Morgan fingerprint density at radius 1 is 1.30 bits per heavy atom. The van der Waals surface area contributed by atoms with Gasteiger partial charge in [-0.1, -0.05) is 30.5 Å². The number of morpholine rings is 1. The van der Waals surface area contributed by atoms with Gasteiger partial charge in [-0.15, -0.1) is 11.3 Å². The van der Waals surface area contributed by atoms with E-state index in [9.17, 15) is 4.79 Å². The van der Waals surface area contributed by atoms with Crippen LogP contribution in [0.1, 0.15) is 41.9 Å². The van der Waals surface area contributed by atoms with Crippen LogP contribution in [-0.4, -0.2) is 41.1 Å². The number of thiazole rings is 1. The van der Waals surface area contributed by atoms with Crippen LogP contribution in [0.4, 0.5) is 0 Å². The van der Waals surface area contributed by atoms with Crippen LogP contribution < -0.4 is 4.74 Å². The largest absolute Gasteiger partial charge is 0.486 e. The zero-order valence-electron chi connectivity index (χ0n) is 15.7. The summed E-state index contributed by atoms with van der Waals surface area (Å²) in [6.07, 6.45) is 5.12. The Morgan fingerprint density at radius 3 is 2.96 bits per heavy atom. The molecule has 5 nitrogen and oxygen atoms in total. The maximum absolute atomic E-state index is 12.8. The summed E-state index contributed by atoms with van der Waals surface area (Å²) < 4.78 is 11.7. The van der Waals surface area contributed by atoms with Gasteiger partial charge in [0.15, 0.2) is 0 Å². The van der Waals surface area contributed by atoms with E-state index in [4.69, 9.17) is 9.47 Å². The van der Waals surface area contributed by atoms with E-state index in [1.54, 1.807) is 11.3 Å². The third kappa shape index (κ3) is 4.50. The summed E-state index contributed by atoms with van der Waals surface area (Å²) in [5.41, 5.74) is 2.05. The van der Waals surface area contributed by atoms with Crippen molar-refractivity contribution in [3.8, 4) is 5.75 Å². The van der Waals surface area contributed by atoms with Crippen molar-refractivity contribution in [3.63, 3.8) is 0 Å². The van der Waals surface area contributed by atoms with Gasteiger partial charge in [0, 0.05) is 11.9 Å². The van der Waals surface area contributed by atoms with E-state index in [1.165, 1.54) is 18.4 Å². The van der Waals surface area contributed by atoms with E-state index >= 15 is 0 Å². The molecular formula is C21H26N2O3S. The fraction of sp³-hybridized carbons (Fsp3) is 0.524. The topological polar surface area (TPSA) is 51.7 Å². The average Bonchev–Trinajstić information content (AvgIpc) is 3.14. The molecule has 0 radical (unpaired) electrons. The quantitative estimate of drug-likeness (QED) is 0.785. The minimum atomic E-state index is 0.173. The molecular weight excluding hydrogens is 360 g/mol. The van der Waals surface area contributed by atoms with E-state index in [2.05, 4.69) is 11.9 Å². The molecule has 2 aromatic rings. The van der Waals surface area contributed by atoms with E-state index < -0.39 is 0 Å². The van der Waals surface area contributed by atoms with E-state index in [1.807, 2.05) is 34.5 Å². The molecule has 1 aliphatic heterocycles. The summed E-state index contributed by atoms with van der Waals surface area (Å²) in [6, 6.07) is 8.24. The van der Waals surface area contributed by atoms with Crippen LogP contribution in [-0.2, 0) is 22.6 Å². The van der Waals surface area contributed by atoms with Crippen LogP contribution in [0.15, 0.2) is 29.6 Å². The highest BCUT2D eigenvalue weighted by atomic mass is 32.1. The number of hydrogen-bond acceptors (Lipinski definition) is 5. The lowest BCUT2D eigenvalue weighted by Crippen LogP contribution is -2.55. The lowest BCUT2D eigenvalue weighted by molar-refractivity contribution is -0.148. The molecule has 1 saturated carbocycles. The molecule has 27 heavy (non-hydrogen) atoms. The number of nitrogens with zero attached hydrogens (tertiary/aromatic N) is 2. The van der Waals surface area contributed by atoms with Crippen LogP contribution in [0, 0.1) is 6.92 Å². The van der Waals surface area contributed by atoms with Crippen molar-refractivity contribution in [3.05, 3.63) is 45.9 Å². The first-order valence-corrected chi connectivity index (χ1v) is 10.6. The summed E-state index contributed by atoms with van der Waals surface area (Å²) in [4.78, 5) is 19.5. The standard InChI is InChI=1S/C21H26N2O3S/c1-15-6-8-17(9-7-15)26-13-20-22-16(14-27-20)12-21(24)23-10-11-25-19-5-3-2-4-18(19)23/h6-9,14,18-19H,2-5,10-13H2,1H3. The molecule has 1 amide bonds. The third-order valence-corrected chi connectivity index (χ3v) is 6.24. The second-order valence-electron chi connectivity index (χ2n) is 7.36. The number of aromatic nitrogens is 1. The fourth-order valence-corrected chi connectivity index (χ4v) is 4.64. The first-order valence-electron chi connectivity index (χ1n) is 9.73. The lowest BCUT2D eigenvalue weighted by atomic mass is 9.90. The minimum Gasteiger partial charge on any atom is -0.486 e. The van der Waals surface area contributed by atoms with Crippen LogP contribution in [0.3, 0.4) is 0 Å². The van der Waals surface area contributed by atoms with Crippen molar-refractivity contribution in [2.75, 3.05) is 13.2 Å². The Kier molecular flexibility index (Phi) is 5.74. The normalized spacial score (nSPS) is 22.3. The van der Waals surface area contributed by atoms with Crippen molar-refractivity contribution in [1.82, 2.24) is 9.88 Å². The molecule has 144 valence electrons. The number of hydrogen-bond donors (Lipinski definition) is 0. The predicted octanol–water partition coefficient (Wildman–Crippen LogP) is 3.74. The molecule has 2 atom stereocenters. The van der Waals surface area contributed by atoms with Gasteiger partial charge < -0.3 is 14.4 Å². The molecule has 0 spiro atoms. The molecule has 1 aromatic heterocycles.